The molecule has 0 radical (unpaired) electrons. The van der Waals surface area contributed by atoms with Crippen LogP contribution in [0, 0.1) is 42.4 Å². The standard InChI is InChI=1S/C21H22N2O3/c1-10-3-5-12(6-4-10)22-19(24)11(2)23-20(25)17-13-7-8-14(16-9-15(13)16)18(17)21(23)26/h3-8,11,13-18H,9H2,1-2H3,(H,22,24)/t11-,13-,14-,15-,16+,17+,18+/m0/s1. The number of hydrogen-bond donors (Lipinski definition) is 1. The molecule has 1 heterocycles. The van der Waals surface area contributed by atoms with Gasteiger partial charge in [0.05, 0.1) is 11.8 Å². The zero-order valence-electron chi connectivity index (χ0n) is 14.9. The topological polar surface area (TPSA) is 66.5 Å². The maximum atomic E-state index is 13.0. The number of likely N-dealkylation sites (tertiary alicyclic amines) is 1. The van der Waals surface area contributed by atoms with Crippen molar-refractivity contribution < 1.29 is 14.4 Å². The lowest BCUT2D eigenvalue weighted by molar-refractivity contribution is -0.146. The van der Waals surface area contributed by atoms with Gasteiger partial charge in [0, 0.05) is 5.69 Å². The van der Waals surface area contributed by atoms with Gasteiger partial charge in [-0.05, 0) is 56.1 Å². The number of amides is 3. The highest BCUT2D eigenvalue weighted by Crippen LogP contribution is 2.65. The van der Waals surface area contributed by atoms with Crippen LogP contribution in [0.15, 0.2) is 36.4 Å². The Balaban J connectivity index is 1.37. The predicted octanol–water partition coefficient (Wildman–Crippen LogP) is 2.38. The lowest BCUT2D eigenvalue weighted by Crippen LogP contribution is -2.46. The third kappa shape index (κ3) is 2.06. The van der Waals surface area contributed by atoms with Crippen LogP contribution in [-0.4, -0.2) is 28.7 Å². The zero-order valence-corrected chi connectivity index (χ0v) is 14.9. The summed E-state index contributed by atoms with van der Waals surface area (Å²) in [7, 11) is 0. The largest absolute Gasteiger partial charge is 0.324 e. The maximum Gasteiger partial charge on any atom is 0.247 e. The molecular weight excluding hydrogens is 328 g/mol. The SMILES string of the molecule is Cc1ccc(NC(=O)[C@H](C)N2C(=O)[C@@H]3[C@H]4C=C[C@@H]([C@@H]5C[C@H]45)[C@H]3C2=O)cc1. The first-order valence-corrected chi connectivity index (χ1v) is 9.40. The highest BCUT2D eigenvalue weighted by molar-refractivity contribution is 6.10. The number of rotatable bonds is 3. The van der Waals surface area contributed by atoms with E-state index in [0.717, 1.165) is 12.0 Å². The van der Waals surface area contributed by atoms with Gasteiger partial charge in [0.15, 0.2) is 0 Å². The van der Waals surface area contributed by atoms with E-state index in [4.69, 9.17) is 0 Å². The van der Waals surface area contributed by atoms with E-state index >= 15 is 0 Å². The van der Waals surface area contributed by atoms with Gasteiger partial charge in [-0.15, -0.1) is 0 Å². The van der Waals surface area contributed by atoms with E-state index in [0.29, 0.717) is 17.5 Å². The molecule has 3 fully saturated rings. The van der Waals surface area contributed by atoms with Crippen molar-refractivity contribution in [3.63, 3.8) is 0 Å². The quantitative estimate of drug-likeness (QED) is 0.672. The molecule has 134 valence electrons. The van der Waals surface area contributed by atoms with E-state index in [9.17, 15) is 14.4 Å². The number of nitrogens with zero attached hydrogens (tertiary/aromatic N) is 1. The van der Waals surface area contributed by atoms with Gasteiger partial charge in [0.1, 0.15) is 6.04 Å². The van der Waals surface area contributed by atoms with Crippen molar-refractivity contribution in [3.05, 3.63) is 42.0 Å². The van der Waals surface area contributed by atoms with Crippen molar-refractivity contribution in [2.24, 2.45) is 35.5 Å². The normalized spacial score (nSPS) is 37.4. The van der Waals surface area contributed by atoms with Gasteiger partial charge >= 0.3 is 0 Å². The van der Waals surface area contributed by atoms with E-state index in [2.05, 4.69) is 17.5 Å². The molecule has 1 N–H and O–H groups in total. The molecule has 0 aromatic heterocycles. The van der Waals surface area contributed by atoms with Crippen molar-refractivity contribution in [2.75, 3.05) is 5.32 Å². The molecule has 1 aliphatic heterocycles. The molecule has 5 aliphatic rings. The molecular formula is C21H22N2O3. The number of allylic oxidation sites excluding steroid dienone is 2. The minimum absolute atomic E-state index is 0.156. The van der Waals surface area contributed by atoms with E-state index < -0.39 is 6.04 Å². The molecule has 1 aromatic rings. The fourth-order valence-corrected chi connectivity index (χ4v) is 5.36. The summed E-state index contributed by atoms with van der Waals surface area (Å²) in [5.41, 5.74) is 1.78. The van der Waals surface area contributed by atoms with Crippen LogP contribution in [0.2, 0.25) is 0 Å². The second-order valence-electron chi connectivity index (χ2n) is 8.23. The summed E-state index contributed by atoms with van der Waals surface area (Å²) in [6, 6.07) is 6.68. The summed E-state index contributed by atoms with van der Waals surface area (Å²) in [5.74, 6) is 0.367. The zero-order chi connectivity index (χ0) is 18.2. The second kappa shape index (κ2) is 5.29. The second-order valence-corrected chi connectivity index (χ2v) is 8.23. The van der Waals surface area contributed by atoms with Crippen LogP contribution in [0.4, 0.5) is 5.69 Å². The Morgan fingerprint density at radius 3 is 2.12 bits per heavy atom. The van der Waals surface area contributed by atoms with Crippen LogP contribution in [0.25, 0.3) is 0 Å². The highest BCUT2D eigenvalue weighted by Gasteiger charge is 2.67. The van der Waals surface area contributed by atoms with Crippen LogP contribution in [0.1, 0.15) is 18.9 Å². The minimum Gasteiger partial charge on any atom is -0.324 e. The molecule has 4 aliphatic carbocycles. The van der Waals surface area contributed by atoms with Gasteiger partial charge in [0.2, 0.25) is 17.7 Å². The lowest BCUT2D eigenvalue weighted by atomic mass is 9.63. The van der Waals surface area contributed by atoms with Crippen molar-refractivity contribution in [1.82, 2.24) is 4.90 Å². The van der Waals surface area contributed by atoms with Crippen molar-refractivity contribution in [3.8, 4) is 0 Å². The fraction of sp³-hybridized carbons (Fsp3) is 0.476. The fourth-order valence-electron chi connectivity index (χ4n) is 5.36. The van der Waals surface area contributed by atoms with Crippen molar-refractivity contribution in [2.45, 2.75) is 26.3 Å². The monoisotopic (exact) mass is 350 g/mol. The first kappa shape index (κ1) is 15.8. The molecule has 7 atom stereocenters. The van der Waals surface area contributed by atoms with Gasteiger partial charge < -0.3 is 5.32 Å². The van der Waals surface area contributed by atoms with Crippen LogP contribution >= 0.6 is 0 Å². The smallest absolute Gasteiger partial charge is 0.247 e. The van der Waals surface area contributed by atoms with Crippen LogP contribution < -0.4 is 5.32 Å². The number of benzene rings is 1. The van der Waals surface area contributed by atoms with Gasteiger partial charge in [-0.3, -0.25) is 19.3 Å². The highest BCUT2D eigenvalue weighted by atomic mass is 16.2. The lowest BCUT2D eigenvalue weighted by Gasteiger charge is -2.37. The summed E-state index contributed by atoms with van der Waals surface area (Å²) in [4.78, 5) is 40.0. The number of hydrogen-bond acceptors (Lipinski definition) is 3. The molecule has 2 saturated carbocycles. The molecule has 1 aromatic carbocycles. The molecule has 5 nitrogen and oxygen atoms in total. The van der Waals surface area contributed by atoms with Gasteiger partial charge in [-0.2, -0.15) is 0 Å². The molecule has 1 saturated heterocycles. The molecule has 6 rings (SSSR count). The predicted molar refractivity (Wildman–Crippen MR) is 95.8 cm³/mol. The first-order valence-electron chi connectivity index (χ1n) is 9.40. The van der Waals surface area contributed by atoms with Crippen LogP contribution in [0.3, 0.4) is 0 Å². The summed E-state index contributed by atoms with van der Waals surface area (Å²) >= 11 is 0. The van der Waals surface area contributed by atoms with Crippen molar-refractivity contribution >= 4 is 23.4 Å². The molecule has 3 amide bonds. The Labute approximate surface area is 152 Å². The number of anilines is 1. The molecule has 2 bridgehead atoms. The number of carbonyl (C=O) groups is 3. The van der Waals surface area contributed by atoms with Gasteiger partial charge in [-0.1, -0.05) is 29.8 Å². The average molecular weight is 350 g/mol. The minimum atomic E-state index is -0.794. The number of carbonyl (C=O) groups excluding carboxylic acids is 3. The molecule has 0 unspecified atom stereocenters. The third-order valence-corrected chi connectivity index (χ3v) is 6.78. The average Bonchev–Trinajstić information content (AvgIpc) is 3.41. The molecule has 26 heavy (non-hydrogen) atoms. The van der Waals surface area contributed by atoms with Gasteiger partial charge in [0.25, 0.3) is 0 Å². The van der Waals surface area contributed by atoms with E-state index in [1.54, 1.807) is 6.92 Å². The Bertz CT molecular complexity index is 807. The van der Waals surface area contributed by atoms with Crippen LogP contribution in [-0.2, 0) is 14.4 Å². The summed E-state index contributed by atoms with van der Waals surface area (Å²) in [6.07, 6.45) is 5.43. The number of imide groups is 1. The Morgan fingerprint density at radius 1 is 1.04 bits per heavy atom. The Hall–Kier alpha value is -2.43. The van der Waals surface area contributed by atoms with E-state index in [1.165, 1.54) is 4.90 Å². The Kier molecular flexibility index (Phi) is 3.21. The maximum absolute atomic E-state index is 13.0. The van der Waals surface area contributed by atoms with Gasteiger partial charge in [-0.25, -0.2) is 0 Å². The van der Waals surface area contributed by atoms with E-state index in [-0.39, 0.29) is 41.4 Å². The van der Waals surface area contributed by atoms with Crippen LogP contribution in [0.5, 0.6) is 0 Å². The van der Waals surface area contributed by atoms with Crippen molar-refractivity contribution in [1.29, 1.82) is 0 Å². The Morgan fingerprint density at radius 2 is 1.58 bits per heavy atom. The summed E-state index contributed by atoms with van der Waals surface area (Å²) in [6.45, 7) is 3.62. The van der Waals surface area contributed by atoms with E-state index in [1.807, 2.05) is 31.2 Å². The summed E-state index contributed by atoms with van der Waals surface area (Å²) in [5, 5.41) is 2.82. The molecule has 0 spiro atoms. The number of aryl methyl sites for hydroxylation is 1. The first-order chi connectivity index (χ1) is 12.5. The molecule has 5 heteroatoms. The number of nitrogens with one attached hydrogen (secondary N) is 1. The third-order valence-electron chi connectivity index (χ3n) is 6.78. The summed E-state index contributed by atoms with van der Waals surface area (Å²) < 4.78 is 0.